The summed E-state index contributed by atoms with van der Waals surface area (Å²) in [5.41, 5.74) is 3.80. The summed E-state index contributed by atoms with van der Waals surface area (Å²) < 4.78 is 22.2. The molecule has 1 aromatic rings. The van der Waals surface area contributed by atoms with Crippen LogP contribution < -0.4 is 20.7 Å². The molecule has 2 unspecified atom stereocenters. The van der Waals surface area contributed by atoms with E-state index in [1.54, 1.807) is 0 Å². The van der Waals surface area contributed by atoms with Crippen molar-refractivity contribution in [3.8, 4) is 11.5 Å². The number of fused-ring (bicyclic) bond motifs is 1. The fourth-order valence-electron chi connectivity index (χ4n) is 2.37. The molecule has 19 heavy (non-hydrogen) atoms. The molecule has 2 heterocycles. The fraction of sp³-hybridized carbons (Fsp3) is 0.538. The average Bonchev–Trinajstić information content (AvgIpc) is 2.49. The van der Waals surface area contributed by atoms with Gasteiger partial charge in [-0.2, -0.15) is 0 Å². The van der Waals surface area contributed by atoms with Crippen LogP contribution in [0, 0.1) is 0 Å². The maximum absolute atomic E-state index is 5.69. The van der Waals surface area contributed by atoms with Crippen molar-refractivity contribution >= 4 is 0 Å². The van der Waals surface area contributed by atoms with Crippen LogP contribution >= 0.6 is 0 Å². The Morgan fingerprint density at radius 3 is 2.68 bits per heavy atom. The number of nitrogens with one attached hydrogen (secondary N) is 1. The molecular formula is C13H18N2O4. The summed E-state index contributed by atoms with van der Waals surface area (Å²) in [7, 11) is 0. The fourth-order valence-corrected chi connectivity index (χ4v) is 2.37. The summed E-state index contributed by atoms with van der Waals surface area (Å²) in [5.74, 6) is 7.17. The molecule has 1 aromatic carbocycles. The highest BCUT2D eigenvalue weighted by Gasteiger charge is 2.27. The van der Waals surface area contributed by atoms with Gasteiger partial charge in [0.15, 0.2) is 11.5 Å². The molecule has 0 aliphatic carbocycles. The Morgan fingerprint density at radius 1 is 1.11 bits per heavy atom. The van der Waals surface area contributed by atoms with E-state index in [0.717, 1.165) is 17.1 Å². The van der Waals surface area contributed by atoms with E-state index in [2.05, 4.69) is 5.43 Å². The van der Waals surface area contributed by atoms with Gasteiger partial charge >= 0.3 is 0 Å². The molecule has 0 bridgehead atoms. The van der Waals surface area contributed by atoms with Gasteiger partial charge in [0.25, 0.3) is 0 Å². The van der Waals surface area contributed by atoms with Crippen molar-refractivity contribution in [2.24, 2.45) is 5.84 Å². The summed E-state index contributed by atoms with van der Waals surface area (Å²) in [6.07, 6.45) is -0.0960. The van der Waals surface area contributed by atoms with Crippen LogP contribution in [0.25, 0.3) is 0 Å². The predicted octanol–water partition coefficient (Wildman–Crippen LogP) is 0.378. The zero-order valence-electron chi connectivity index (χ0n) is 10.6. The number of ether oxygens (including phenoxy) is 4. The SMILES string of the molecule is NNC(c1ccc2c(c1)OCCO2)C1COCCO1. The number of hydrazine groups is 1. The minimum Gasteiger partial charge on any atom is -0.486 e. The quantitative estimate of drug-likeness (QED) is 0.608. The highest BCUT2D eigenvalue weighted by molar-refractivity contribution is 5.44. The van der Waals surface area contributed by atoms with Crippen molar-refractivity contribution in [2.45, 2.75) is 12.1 Å². The molecule has 104 valence electrons. The Labute approximate surface area is 111 Å². The van der Waals surface area contributed by atoms with Crippen molar-refractivity contribution in [1.82, 2.24) is 5.43 Å². The van der Waals surface area contributed by atoms with E-state index in [-0.39, 0.29) is 12.1 Å². The molecule has 0 spiro atoms. The monoisotopic (exact) mass is 266 g/mol. The maximum Gasteiger partial charge on any atom is 0.161 e. The van der Waals surface area contributed by atoms with Crippen molar-refractivity contribution in [1.29, 1.82) is 0 Å². The van der Waals surface area contributed by atoms with Crippen molar-refractivity contribution in [3.63, 3.8) is 0 Å². The highest BCUT2D eigenvalue weighted by atomic mass is 16.6. The molecule has 2 aliphatic rings. The lowest BCUT2D eigenvalue weighted by Gasteiger charge is -2.30. The molecule has 2 aliphatic heterocycles. The summed E-state index contributed by atoms with van der Waals surface area (Å²) >= 11 is 0. The molecule has 3 rings (SSSR count). The molecule has 0 saturated carbocycles. The van der Waals surface area contributed by atoms with Crippen LogP contribution in [0.2, 0.25) is 0 Å². The van der Waals surface area contributed by atoms with Gasteiger partial charge in [0.1, 0.15) is 19.3 Å². The van der Waals surface area contributed by atoms with Gasteiger partial charge in [-0.1, -0.05) is 6.07 Å². The molecule has 0 amide bonds. The van der Waals surface area contributed by atoms with Gasteiger partial charge < -0.3 is 18.9 Å². The standard InChI is InChI=1S/C13H18N2O4/c14-15-13(12-8-16-3-4-19-12)9-1-2-10-11(7-9)18-6-5-17-10/h1-2,7,12-13,15H,3-6,8,14H2. The van der Waals surface area contributed by atoms with Crippen molar-refractivity contribution in [3.05, 3.63) is 23.8 Å². The average molecular weight is 266 g/mol. The van der Waals surface area contributed by atoms with Crippen LogP contribution in [0.3, 0.4) is 0 Å². The topological polar surface area (TPSA) is 75.0 Å². The Bertz CT molecular complexity index is 435. The summed E-state index contributed by atoms with van der Waals surface area (Å²) in [4.78, 5) is 0. The van der Waals surface area contributed by atoms with E-state index in [9.17, 15) is 0 Å². The zero-order valence-corrected chi connectivity index (χ0v) is 10.6. The molecular weight excluding hydrogens is 248 g/mol. The lowest BCUT2D eigenvalue weighted by atomic mass is 10.0. The Balaban J connectivity index is 1.82. The molecule has 0 radical (unpaired) electrons. The Hall–Kier alpha value is -1.34. The minimum absolute atomic E-state index is 0.0960. The van der Waals surface area contributed by atoms with E-state index in [0.29, 0.717) is 33.0 Å². The van der Waals surface area contributed by atoms with Crippen LogP contribution in [0.1, 0.15) is 11.6 Å². The largest absolute Gasteiger partial charge is 0.486 e. The van der Waals surface area contributed by atoms with E-state index in [4.69, 9.17) is 24.8 Å². The second-order valence-electron chi connectivity index (χ2n) is 4.53. The van der Waals surface area contributed by atoms with Crippen LogP contribution in [0.15, 0.2) is 18.2 Å². The number of nitrogens with two attached hydrogens (primary N) is 1. The van der Waals surface area contributed by atoms with E-state index in [1.807, 2.05) is 18.2 Å². The molecule has 2 atom stereocenters. The van der Waals surface area contributed by atoms with Crippen molar-refractivity contribution < 1.29 is 18.9 Å². The smallest absolute Gasteiger partial charge is 0.161 e. The van der Waals surface area contributed by atoms with Crippen LogP contribution in [-0.2, 0) is 9.47 Å². The minimum atomic E-state index is -0.129. The summed E-state index contributed by atoms with van der Waals surface area (Å²) in [5, 5.41) is 0. The Morgan fingerprint density at radius 2 is 1.95 bits per heavy atom. The van der Waals surface area contributed by atoms with Crippen LogP contribution in [0.4, 0.5) is 0 Å². The van der Waals surface area contributed by atoms with Crippen LogP contribution in [0.5, 0.6) is 11.5 Å². The Kier molecular flexibility index (Phi) is 3.84. The number of benzene rings is 1. The normalized spacial score (nSPS) is 23.9. The second-order valence-corrected chi connectivity index (χ2v) is 4.53. The third kappa shape index (κ3) is 2.66. The first-order chi connectivity index (χ1) is 9.38. The number of rotatable bonds is 3. The van der Waals surface area contributed by atoms with Gasteiger partial charge in [0, 0.05) is 0 Å². The summed E-state index contributed by atoms with van der Waals surface area (Å²) in [6, 6.07) is 5.68. The molecule has 3 N–H and O–H groups in total. The second kappa shape index (κ2) is 5.75. The first-order valence-electron chi connectivity index (χ1n) is 6.43. The predicted molar refractivity (Wildman–Crippen MR) is 68.1 cm³/mol. The first kappa shape index (κ1) is 12.7. The third-order valence-electron chi connectivity index (χ3n) is 3.32. The van der Waals surface area contributed by atoms with E-state index >= 15 is 0 Å². The number of hydrogen-bond acceptors (Lipinski definition) is 6. The zero-order chi connectivity index (χ0) is 13.1. The molecule has 6 heteroatoms. The highest BCUT2D eigenvalue weighted by Crippen LogP contribution is 2.33. The van der Waals surface area contributed by atoms with Gasteiger partial charge in [-0.25, -0.2) is 0 Å². The maximum atomic E-state index is 5.69. The molecule has 0 aromatic heterocycles. The van der Waals surface area contributed by atoms with Crippen molar-refractivity contribution in [2.75, 3.05) is 33.0 Å². The molecule has 6 nitrogen and oxygen atoms in total. The van der Waals surface area contributed by atoms with E-state index < -0.39 is 0 Å². The third-order valence-corrected chi connectivity index (χ3v) is 3.32. The lowest BCUT2D eigenvalue weighted by molar-refractivity contribution is -0.102. The van der Waals surface area contributed by atoms with Gasteiger partial charge in [0.05, 0.1) is 25.9 Å². The van der Waals surface area contributed by atoms with Gasteiger partial charge in [0.2, 0.25) is 0 Å². The van der Waals surface area contributed by atoms with Gasteiger partial charge in [-0.3, -0.25) is 11.3 Å². The van der Waals surface area contributed by atoms with Gasteiger partial charge in [-0.05, 0) is 17.7 Å². The first-order valence-corrected chi connectivity index (χ1v) is 6.43. The van der Waals surface area contributed by atoms with Crippen LogP contribution in [-0.4, -0.2) is 39.1 Å². The van der Waals surface area contributed by atoms with E-state index in [1.165, 1.54) is 0 Å². The lowest BCUT2D eigenvalue weighted by Crippen LogP contribution is -2.43. The summed E-state index contributed by atoms with van der Waals surface area (Å²) in [6.45, 7) is 2.91. The molecule has 1 saturated heterocycles. The number of hydrogen-bond donors (Lipinski definition) is 2. The van der Waals surface area contributed by atoms with Gasteiger partial charge in [-0.15, -0.1) is 0 Å². The molecule has 1 fully saturated rings.